The van der Waals surface area contributed by atoms with Crippen LogP contribution >= 0.6 is 0 Å². The van der Waals surface area contributed by atoms with Crippen molar-refractivity contribution >= 4 is 47.7 Å². The quantitative estimate of drug-likeness (QED) is 0.186. The monoisotopic (exact) mass is 613 g/mol. The van der Waals surface area contributed by atoms with Crippen LogP contribution in [0.2, 0.25) is 0 Å². The molecule has 0 bridgehead atoms. The molecule has 1 rings (SSSR count). The standard InChI is InChI=1S/C15H16O8.C12H19NO7/c1-9-4-12(14(18)22-7-20-10(2)16)6-13(5-9)15(19)23-8-21-11(3)17;1-8(14)13-12(5-18-9(2)15,6-19-10(3)16)7-20-11(4)17/h4-6H,7-8H2,1-3H3;5-7H2,1-4H3,(H,13,14). The zero-order valence-electron chi connectivity index (χ0n) is 24.9. The van der Waals surface area contributed by atoms with E-state index in [1.807, 2.05) is 0 Å². The summed E-state index contributed by atoms with van der Waals surface area (Å²) in [7, 11) is 0. The number of nitrogens with one attached hydrogen (secondary N) is 1. The van der Waals surface area contributed by atoms with Crippen LogP contribution in [-0.4, -0.2) is 86.6 Å². The largest absolute Gasteiger partial charge is 0.463 e. The summed E-state index contributed by atoms with van der Waals surface area (Å²) in [5.74, 6) is -4.88. The average Bonchev–Trinajstić information content (AvgIpc) is 2.88. The van der Waals surface area contributed by atoms with Crippen LogP contribution in [0.4, 0.5) is 0 Å². The van der Waals surface area contributed by atoms with Gasteiger partial charge >= 0.3 is 41.8 Å². The predicted molar refractivity (Wildman–Crippen MR) is 142 cm³/mol. The molecule has 16 heteroatoms. The third kappa shape index (κ3) is 18.1. The van der Waals surface area contributed by atoms with Gasteiger partial charge in [0.05, 0.1) is 11.1 Å². The molecule has 1 N–H and O–H groups in total. The van der Waals surface area contributed by atoms with Gasteiger partial charge in [-0.2, -0.15) is 0 Å². The van der Waals surface area contributed by atoms with Crippen LogP contribution in [0.1, 0.15) is 67.8 Å². The van der Waals surface area contributed by atoms with E-state index in [1.165, 1.54) is 59.7 Å². The van der Waals surface area contributed by atoms with Gasteiger partial charge in [-0.15, -0.1) is 0 Å². The molecule has 0 radical (unpaired) electrons. The van der Waals surface area contributed by atoms with Crippen molar-refractivity contribution in [1.82, 2.24) is 5.32 Å². The molecule has 0 saturated carbocycles. The van der Waals surface area contributed by atoms with Crippen LogP contribution < -0.4 is 5.32 Å². The van der Waals surface area contributed by atoms with Gasteiger partial charge < -0.3 is 38.5 Å². The van der Waals surface area contributed by atoms with Gasteiger partial charge in [-0.25, -0.2) is 9.59 Å². The summed E-state index contributed by atoms with van der Waals surface area (Å²) in [5, 5.41) is 2.49. The van der Waals surface area contributed by atoms with Crippen LogP contribution in [0, 0.1) is 6.92 Å². The fraction of sp³-hybridized carbons (Fsp3) is 0.481. The van der Waals surface area contributed by atoms with E-state index < -0.39 is 66.8 Å². The van der Waals surface area contributed by atoms with E-state index in [0.29, 0.717) is 5.56 Å². The van der Waals surface area contributed by atoms with Gasteiger partial charge in [0, 0.05) is 41.5 Å². The molecule has 1 amide bonds. The zero-order valence-corrected chi connectivity index (χ0v) is 24.9. The van der Waals surface area contributed by atoms with Crippen molar-refractivity contribution in [1.29, 1.82) is 0 Å². The third-order valence-electron chi connectivity index (χ3n) is 4.55. The maximum atomic E-state index is 11.8. The van der Waals surface area contributed by atoms with Crippen LogP contribution in [-0.2, 0) is 61.9 Å². The fourth-order valence-corrected chi connectivity index (χ4v) is 2.84. The normalized spacial score (nSPS) is 10.0. The molecule has 0 atom stereocenters. The van der Waals surface area contributed by atoms with Crippen molar-refractivity contribution in [3.8, 4) is 0 Å². The Balaban J connectivity index is 0.000000830. The lowest BCUT2D eigenvalue weighted by atomic mass is 10.0. The molecule has 0 aliphatic heterocycles. The SMILES string of the molecule is CC(=O)NC(COC(C)=O)(COC(C)=O)COC(C)=O.CC(=O)OCOC(=O)c1cc(C)cc(C(=O)OCOC(C)=O)c1. The van der Waals surface area contributed by atoms with Crippen LogP contribution in [0.3, 0.4) is 0 Å². The highest BCUT2D eigenvalue weighted by molar-refractivity contribution is 5.95. The highest BCUT2D eigenvalue weighted by Gasteiger charge is 2.36. The summed E-state index contributed by atoms with van der Waals surface area (Å²) >= 11 is 0. The first-order chi connectivity index (χ1) is 20.0. The van der Waals surface area contributed by atoms with E-state index in [4.69, 9.17) is 23.7 Å². The number of aryl methyl sites for hydroxylation is 1. The number of carbonyl (C=O) groups excluding carboxylic acids is 8. The molecule has 0 spiro atoms. The Morgan fingerprint density at radius 3 is 1.14 bits per heavy atom. The number of ether oxygens (including phenoxy) is 7. The second-order valence-electron chi connectivity index (χ2n) is 8.76. The van der Waals surface area contributed by atoms with E-state index in [0.717, 1.165) is 0 Å². The maximum Gasteiger partial charge on any atom is 0.341 e. The number of rotatable bonds is 13. The second kappa shape index (κ2) is 19.2. The molecule has 0 unspecified atom stereocenters. The minimum absolute atomic E-state index is 0.0941. The molecule has 16 nitrogen and oxygen atoms in total. The Morgan fingerprint density at radius 2 is 0.860 bits per heavy atom. The van der Waals surface area contributed by atoms with Gasteiger partial charge in [-0.05, 0) is 30.7 Å². The summed E-state index contributed by atoms with van der Waals surface area (Å²) in [6.45, 7) is 6.93. The van der Waals surface area contributed by atoms with Gasteiger partial charge in [0.1, 0.15) is 25.4 Å². The van der Waals surface area contributed by atoms with Gasteiger partial charge in [-0.3, -0.25) is 28.8 Å². The van der Waals surface area contributed by atoms with E-state index >= 15 is 0 Å². The first-order valence-electron chi connectivity index (χ1n) is 12.4. The van der Waals surface area contributed by atoms with Crippen molar-refractivity contribution in [3.63, 3.8) is 0 Å². The molecule has 43 heavy (non-hydrogen) atoms. The molecule has 0 saturated heterocycles. The Bertz CT molecular complexity index is 1100. The van der Waals surface area contributed by atoms with Gasteiger partial charge in [0.25, 0.3) is 0 Å². The smallest absolute Gasteiger partial charge is 0.341 e. The number of esters is 7. The second-order valence-corrected chi connectivity index (χ2v) is 8.76. The maximum absolute atomic E-state index is 11.8. The fourth-order valence-electron chi connectivity index (χ4n) is 2.84. The van der Waals surface area contributed by atoms with E-state index in [1.54, 1.807) is 6.92 Å². The van der Waals surface area contributed by atoms with E-state index in [9.17, 15) is 38.4 Å². The lowest BCUT2D eigenvalue weighted by Gasteiger charge is -2.32. The number of hydrogen-bond acceptors (Lipinski definition) is 15. The van der Waals surface area contributed by atoms with Crippen molar-refractivity contribution < 1.29 is 71.5 Å². The number of benzene rings is 1. The summed E-state index contributed by atoms with van der Waals surface area (Å²) in [6, 6.07) is 4.26. The topological polar surface area (TPSA) is 213 Å². The molecule has 1 aromatic carbocycles. The van der Waals surface area contributed by atoms with Crippen LogP contribution in [0.15, 0.2) is 18.2 Å². The molecule has 238 valence electrons. The Kier molecular flexibility index (Phi) is 16.9. The molecular weight excluding hydrogens is 578 g/mol. The van der Waals surface area contributed by atoms with Crippen molar-refractivity contribution in [2.75, 3.05) is 33.4 Å². The molecule has 0 aliphatic carbocycles. The van der Waals surface area contributed by atoms with Gasteiger partial charge in [-0.1, -0.05) is 0 Å². The third-order valence-corrected chi connectivity index (χ3v) is 4.55. The lowest BCUT2D eigenvalue weighted by Crippen LogP contribution is -2.58. The number of carbonyl (C=O) groups is 8. The molecule has 0 aromatic heterocycles. The number of hydrogen-bond donors (Lipinski definition) is 1. The van der Waals surface area contributed by atoms with Crippen molar-refractivity contribution in [2.24, 2.45) is 0 Å². The Morgan fingerprint density at radius 1 is 0.535 bits per heavy atom. The lowest BCUT2D eigenvalue weighted by molar-refractivity contribution is -0.156. The highest BCUT2D eigenvalue weighted by Crippen LogP contribution is 2.13. The van der Waals surface area contributed by atoms with E-state index in [-0.39, 0.29) is 30.9 Å². The number of amides is 1. The molecular formula is C27H35NO15. The van der Waals surface area contributed by atoms with Gasteiger partial charge in [0.15, 0.2) is 0 Å². The molecule has 0 fully saturated rings. The minimum atomic E-state index is -1.31. The Labute approximate surface area is 247 Å². The van der Waals surface area contributed by atoms with Crippen LogP contribution in [0.25, 0.3) is 0 Å². The molecule has 0 aliphatic rings. The summed E-state index contributed by atoms with van der Waals surface area (Å²) < 4.78 is 33.0. The van der Waals surface area contributed by atoms with Crippen molar-refractivity contribution in [3.05, 3.63) is 34.9 Å². The summed E-state index contributed by atoms with van der Waals surface area (Å²) in [5.41, 5.74) is -0.506. The minimum Gasteiger partial charge on any atom is -0.463 e. The summed E-state index contributed by atoms with van der Waals surface area (Å²) in [4.78, 5) is 88.8. The summed E-state index contributed by atoms with van der Waals surface area (Å²) in [6.07, 6.45) is 0. The van der Waals surface area contributed by atoms with Crippen LogP contribution in [0.5, 0.6) is 0 Å². The molecule has 0 heterocycles. The first kappa shape index (κ1) is 38.0. The Hall–Kier alpha value is -5.02. The van der Waals surface area contributed by atoms with E-state index in [2.05, 4.69) is 14.8 Å². The highest BCUT2D eigenvalue weighted by atomic mass is 16.7. The predicted octanol–water partition coefficient (Wildman–Crippen LogP) is 0.900. The van der Waals surface area contributed by atoms with Gasteiger partial charge in [0.2, 0.25) is 19.5 Å². The zero-order chi connectivity index (χ0) is 33.2. The average molecular weight is 614 g/mol. The molecule has 1 aromatic rings. The van der Waals surface area contributed by atoms with Crippen molar-refractivity contribution in [2.45, 2.75) is 54.0 Å². The first-order valence-corrected chi connectivity index (χ1v) is 12.4.